The molecule has 0 spiro atoms. The molecular formula is C10H14O4. The molecule has 0 radical (unpaired) electrons. The predicted octanol–water partition coefficient (Wildman–Crippen LogP) is -0.646. The molecule has 2 aliphatic rings. The molecule has 0 aromatic heterocycles. The number of ether oxygens (including phenoxy) is 1. The van der Waals surface area contributed by atoms with Crippen molar-refractivity contribution in [3.63, 3.8) is 0 Å². The minimum absolute atomic E-state index is 0.246. The highest BCUT2D eigenvalue weighted by Crippen LogP contribution is 2.40. The first-order valence-corrected chi connectivity index (χ1v) is 4.68. The van der Waals surface area contributed by atoms with Crippen molar-refractivity contribution in [3.8, 4) is 0 Å². The largest absolute Gasteiger partial charge is 0.392 e. The second-order valence-electron chi connectivity index (χ2n) is 3.59. The molecule has 4 nitrogen and oxygen atoms in total. The van der Waals surface area contributed by atoms with Gasteiger partial charge in [0.15, 0.2) is 0 Å². The fraction of sp³-hybridized carbons (Fsp3) is 0.600. The quantitative estimate of drug-likeness (QED) is 0.516. The van der Waals surface area contributed by atoms with Crippen LogP contribution in [-0.4, -0.2) is 46.3 Å². The lowest BCUT2D eigenvalue weighted by Crippen LogP contribution is -2.35. The van der Waals surface area contributed by atoms with Crippen LogP contribution in [0.5, 0.6) is 0 Å². The first-order chi connectivity index (χ1) is 6.70. The molecule has 4 atom stereocenters. The van der Waals surface area contributed by atoms with Gasteiger partial charge in [0, 0.05) is 0 Å². The molecule has 1 heterocycles. The third kappa shape index (κ3) is 1.31. The van der Waals surface area contributed by atoms with Gasteiger partial charge in [-0.05, 0) is 18.1 Å². The first-order valence-electron chi connectivity index (χ1n) is 4.68. The zero-order chi connectivity index (χ0) is 10.3. The van der Waals surface area contributed by atoms with Gasteiger partial charge < -0.3 is 20.1 Å². The van der Waals surface area contributed by atoms with E-state index in [2.05, 4.69) is 0 Å². The van der Waals surface area contributed by atoms with Gasteiger partial charge in [0.05, 0.1) is 6.61 Å². The van der Waals surface area contributed by atoms with E-state index < -0.39 is 12.2 Å². The zero-order valence-corrected chi connectivity index (χ0v) is 7.92. The van der Waals surface area contributed by atoms with Crippen LogP contribution < -0.4 is 0 Å². The van der Waals surface area contributed by atoms with Crippen LogP contribution in [0, 0.1) is 0 Å². The summed E-state index contributed by atoms with van der Waals surface area (Å²) < 4.78 is 5.12. The van der Waals surface area contributed by atoms with Crippen LogP contribution in [0.3, 0.4) is 0 Å². The number of rotatable bonds is 2. The minimum Gasteiger partial charge on any atom is -0.392 e. The standard InChI is InChI=1S/C10H14O4/c1-2-3-5-6(4-11)8(13)10-9(14-10)7(5)12/h2-3,7-13H,4H2,1H3/b3-2+/t7-,8+,9+,10-/m1/s1. The lowest BCUT2D eigenvalue weighted by Gasteiger charge is -2.23. The molecule has 0 aromatic rings. The molecule has 1 aliphatic carbocycles. The summed E-state index contributed by atoms with van der Waals surface area (Å²) in [7, 11) is 0. The van der Waals surface area contributed by atoms with Crippen LogP contribution in [0.2, 0.25) is 0 Å². The average Bonchev–Trinajstić information content (AvgIpc) is 2.94. The fourth-order valence-corrected chi connectivity index (χ4v) is 1.95. The molecule has 0 saturated carbocycles. The summed E-state index contributed by atoms with van der Waals surface area (Å²) in [5.41, 5.74) is 1.05. The van der Waals surface area contributed by atoms with E-state index in [1.807, 2.05) is 6.92 Å². The maximum absolute atomic E-state index is 9.77. The van der Waals surface area contributed by atoms with Crippen LogP contribution in [0.15, 0.2) is 23.3 Å². The van der Waals surface area contributed by atoms with Gasteiger partial charge in [0.2, 0.25) is 0 Å². The molecule has 1 fully saturated rings. The minimum atomic E-state index is -0.778. The topological polar surface area (TPSA) is 73.2 Å². The van der Waals surface area contributed by atoms with E-state index in [0.717, 1.165) is 0 Å². The van der Waals surface area contributed by atoms with Crippen molar-refractivity contribution < 1.29 is 20.1 Å². The highest BCUT2D eigenvalue weighted by molar-refractivity contribution is 5.39. The summed E-state index contributed by atoms with van der Waals surface area (Å²) in [4.78, 5) is 0. The molecule has 0 bridgehead atoms. The number of fused-ring (bicyclic) bond motifs is 1. The number of epoxide rings is 1. The van der Waals surface area contributed by atoms with Gasteiger partial charge in [-0.3, -0.25) is 0 Å². The Kier molecular flexibility index (Phi) is 2.45. The summed E-state index contributed by atoms with van der Waals surface area (Å²) >= 11 is 0. The molecule has 3 N–H and O–H groups in total. The number of allylic oxidation sites excluding steroid dienone is 1. The normalized spacial score (nSPS) is 41.7. The molecule has 14 heavy (non-hydrogen) atoms. The Balaban J connectivity index is 2.36. The van der Waals surface area contributed by atoms with Crippen LogP contribution in [0.4, 0.5) is 0 Å². The molecular weight excluding hydrogens is 184 g/mol. The summed E-state index contributed by atoms with van der Waals surface area (Å²) in [5, 5.41) is 28.6. The van der Waals surface area contributed by atoms with Crippen molar-refractivity contribution in [1.82, 2.24) is 0 Å². The Labute approximate surface area is 82.1 Å². The molecule has 0 amide bonds. The van der Waals surface area contributed by atoms with E-state index in [-0.39, 0.29) is 18.8 Å². The highest BCUT2D eigenvalue weighted by atomic mass is 16.6. The van der Waals surface area contributed by atoms with Crippen molar-refractivity contribution in [3.05, 3.63) is 23.3 Å². The van der Waals surface area contributed by atoms with Gasteiger partial charge in [-0.25, -0.2) is 0 Å². The number of aliphatic hydroxyl groups excluding tert-OH is 3. The highest BCUT2D eigenvalue weighted by Gasteiger charge is 2.54. The van der Waals surface area contributed by atoms with Gasteiger partial charge >= 0.3 is 0 Å². The fourth-order valence-electron chi connectivity index (χ4n) is 1.95. The number of hydrogen-bond donors (Lipinski definition) is 3. The van der Waals surface area contributed by atoms with Crippen molar-refractivity contribution in [2.45, 2.75) is 31.3 Å². The van der Waals surface area contributed by atoms with Crippen molar-refractivity contribution in [2.24, 2.45) is 0 Å². The SMILES string of the molecule is C/C=C/C1=C(CO)[C@H](O)[C@H]2O[C@H]2[C@@H]1O. The van der Waals surface area contributed by atoms with Crippen LogP contribution in [0.1, 0.15) is 6.92 Å². The summed E-state index contributed by atoms with van der Waals surface area (Å²) in [6, 6.07) is 0. The molecule has 2 rings (SSSR count). The molecule has 0 aromatic carbocycles. The maximum Gasteiger partial charge on any atom is 0.117 e. The molecule has 4 heteroatoms. The van der Waals surface area contributed by atoms with Crippen LogP contribution in [-0.2, 0) is 4.74 Å². The Hall–Kier alpha value is -0.680. The smallest absolute Gasteiger partial charge is 0.117 e. The Morgan fingerprint density at radius 1 is 1.29 bits per heavy atom. The maximum atomic E-state index is 9.77. The molecule has 78 valence electrons. The Morgan fingerprint density at radius 2 is 1.93 bits per heavy atom. The van der Waals surface area contributed by atoms with Gasteiger partial charge in [-0.2, -0.15) is 0 Å². The van der Waals surface area contributed by atoms with Crippen molar-refractivity contribution >= 4 is 0 Å². The van der Waals surface area contributed by atoms with Crippen molar-refractivity contribution in [2.75, 3.05) is 6.61 Å². The summed E-state index contributed by atoms with van der Waals surface area (Å²) in [6.45, 7) is 1.57. The van der Waals surface area contributed by atoms with Crippen LogP contribution in [0.25, 0.3) is 0 Å². The molecule has 1 aliphatic heterocycles. The monoisotopic (exact) mass is 198 g/mol. The first kappa shape index (κ1) is 9.86. The molecule has 0 unspecified atom stereocenters. The lowest BCUT2D eigenvalue weighted by atomic mass is 9.87. The van der Waals surface area contributed by atoms with Gasteiger partial charge in [-0.1, -0.05) is 12.2 Å². The van der Waals surface area contributed by atoms with Crippen LogP contribution >= 0.6 is 0 Å². The van der Waals surface area contributed by atoms with E-state index in [9.17, 15) is 10.2 Å². The third-order valence-corrected chi connectivity index (χ3v) is 2.75. The lowest BCUT2D eigenvalue weighted by molar-refractivity contribution is 0.141. The Bertz CT molecular complexity index is 294. The molecule has 1 saturated heterocycles. The van der Waals surface area contributed by atoms with E-state index in [4.69, 9.17) is 9.84 Å². The average molecular weight is 198 g/mol. The summed E-state index contributed by atoms with van der Waals surface area (Å²) in [5.74, 6) is 0. The van der Waals surface area contributed by atoms with E-state index in [1.54, 1.807) is 12.2 Å². The summed E-state index contributed by atoms with van der Waals surface area (Å²) in [6.07, 6.45) is 1.34. The Morgan fingerprint density at radius 3 is 2.50 bits per heavy atom. The van der Waals surface area contributed by atoms with E-state index in [0.29, 0.717) is 11.1 Å². The number of aliphatic hydroxyl groups is 3. The van der Waals surface area contributed by atoms with E-state index >= 15 is 0 Å². The second kappa shape index (κ2) is 3.47. The third-order valence-electron chi connectivity index (χ3n) is 2.75. The van der Waals surface area contributed by atoms with Crippen molar-refractivity contribution in [1.29, 1.82) is 0 Å². The number of hydrogen-bond acceptors (Lipinski definition) is 4. The van der Waals surface area contributed by atoms with Gasteiger partial charge in [0.25, 0.3) is 0 Å². The predicted molar refractivity (Wildman–Crippen MR) is 49.6 cm³/mol. The van der Waals surface area contributed by atoms with Gasteiger partial charge in [0.1, 0.15) is 24.4 Å². The van der Waals surface area contributed by atoms with E-state index in [1.165, 1.54) is 0 Å². The van der Waals surface area contributed by atoms with Gasteiger partial charge in [-0.15, -0.1) is 0 Å². The second-order valence-corrected chi connectivity index (χ2v) is 3.59. The zero-order valence-electron chi connectivity index (χ0n) is 7.92.